The molecule has 4 rings (SSSR count). The van der Waals surface area contributed by atoms with Crippen LogP contribution in [-0.4, -0.2) is 26.7 Å². The molecule has 1 aromatic carbocycles. The van der Waals surface area contributed by atoms with Crippen LogP contribution >= 0.6 is 11.3 Å². The Kier molecular flexibility index (Phi) is 3.78. The fourth-order valence-corrected chi connectivity index (χ4v) is 4.01. The Hall–Kier alpha value is -2.67. The lowest BCUT2D eigenvalue weighted by Gasteiger charge is -2.36. The van der Waals surface area contributed by atoms with E-state index in [9.17, 15) is 4.79 Å². The SMILES string of the molecule is C[C@@H]1Nc2ncnn2[C@@H](c2cccs2)[C@@H]1C(=O)Nc1ccccc1. The molecule has 1 amide bonds. The lowest BCUT2D eigenvalue weighted by molar-refractivity contribution is -0.121. The highest BCUT2D eigenvalue weighted by molar-refractivity contribution is 7.10. The molecular formula is C17H17N5OS. The highest BCUT2D eigenvalue weighted by atomic mass is 32.1. The highest BCUT2D eigenvalue weighted by Gasteiger charge is 2.41. The minimum atomic E-state index is -0.293. The molecule has 0 saturated carbocycles. The molecule has 122 valence electrons. The lowest BCUT2D eigenvalue weighted by atomic mass is 9.89. The third-order valence-electron chi connectivity index (χ3n) is 4.25. The quantitative estimate of drug-likeness (QED) is 0.769. The van der Waals surface area contributed by atoms with Crippen LogP contribution in [0.15, 0.2) is 54.2 Å². The van der Waals surface area contributed by atoms with E-state index in [4.69, 9.17) is 0 Å². The number of carbonyl (C=O) groups excluding carboxylic acids is 1. The van der Waals surface area contributed by atoms with Crippen molar-refractivity contribution in [1.82, 2.24) is 14.8 Å². The van der Waals surface area contributed by atoms with Crippen LogP contribution in [0, 0.1) is 5.92 Å². The van der Waals surface area contributed by atoms with Crippen molar-refractivity contribution >= 4 is 28.9 Å². The number of benzene rings is 1. The Bertz CT molecular complexity index is 830. The van der Waals surface area contributed by atoms with E-state index in [0.717, 1.165) is 10.6 Å². The van der Waals surface area contributed by atoms with Gasteiger partial charge in [0.2, 0.25) is 11.9 Å². The van der Waals surface area contributed by atoms with Gasteiger partial charge in [0, 0.05) is 16.6 Å². The number of aromatic nitrogens is 3. The average Bonchev–Trinajstić information content (AvgIpc) is 3.25. The number of nitrogens with zero attached hydrogens (tertiary/aromatic N) is 3. The maximum absolute atomic E-state index is 13.0. The van der Waals surface area contributed by atoms with Gasteiger partial charge in [-0.1, -0.05) is 24.3 Å². The summed E-state index contributed by atoms with van der Waals surface area (Å²) in [4.78, 5) is 18.4. The van der Waals surface area contributed by atoms with Crippen molar-refractivity contribution < 1.29 is 4.79 Å². The van der Waals surface area contributed by atoms with Gasteiger partial charge >= 0.3 is 0 Å². The molecule has 3 aromatic rings. The molecule has 3 atom stereocenters. The van der Waals surface area contributed by atoms with Crippen LogP contribution in [0.1, 0.15) is 17.8 Å². The third kappa shape index (κ3) is 2.56. The summed E-state index contributed by atoms with van der Waals surface area (Å²) in [5.41, 5.74) is 0.795. The first-order chi connectivity index (χ1) is 11.7. The first-order valence-corrected chi connectivity index (χ1v) is 8.67. The van der Waals surface area contributed by atoms with Crippen LogP contribution in [0.5, 0.6) is 0 Å². The van der Waals surface area contributed by atoms with Crippen molar-refractivity contribution in [2.75, 3.05) is 10.6 Å². The lowest BCUT2D eigenvalue weighted by Crippen LogP contribution is -2.46. The van der Waals surface area contributed by atoms with E-state index in [1.54, 1.807) is 16.0 Å². The van der Waals surface area contributed by atoms with Crippen molar-refractivity contribution in [3.05, 3.63) is 59.0 Å². The van der Waals surface area contributed by atoms with Gasteiger partial charge < -0.3 is 10.6 Å². The molecule has 0 spiro atoms. The molecule has 7 heteroatoms. The van der Waals surface area contributed by atoms with Crippen molar-refractivity contribution in [2.24, 2.45) is 5.92 Å². The molecule has 2 N–H and O–H groups in total. The van der Waals surface area contributed by atoms with E-state index >= 15 is 0 Å². The van der Waals surface area contributed by atoms with Gasteiger partial charge in [-0.25, -0.2) is 4.68 Å². The zero-order chi connectivity index (χ0) is 16.5. The fraction of sp³-hybridized carbons (Fsp3) is 0.235. The summed E-state index contributed by atoms with van der Waals surface area (Å²) in [6.45, 7) is 2.01. The fourth-order valence-electron chi connectivity index (χ4n) is 3.15. The average molecular weight is 339 g/mol. The molecule has 24 heavy (non-hydrogen) atoms. The summed E-state index contributed by atoms with van der Waals surface area (Å²) in [7, 11) is 0. The van der Waals surface area contributed by atoms with E-state index in [-0.39, 0.29) is 23.9 Å². The molecule has 0 fully saturated rings. The first kappa shape index (κ1) is 14.9. The molecule has 1 aliphatic rings. The van der Waals surface area contributed by atoms with E-state index in [1.807, 2.05) is 54.8 Å². The van der Waals surface area contributed by atoms with Crippen molar-refractivity contribution in [3.8, 4) is 0 Å². The van der Waals surface area contributed by atoms with Gasteiger partial charge in [0.05, 0.1) is 5.92 Å². The molecule has 0 radical (unpaired) electrons. The van der Waals surface area contributed by atoms with Gasteiger partial charge in [0.25, 0.3) is 0 Å². The molecule has 6 nitrogen and oxygen atoms in total. The number of hydrogen-bond donors (Lipinski definition) is 2. The zero-order valence-electron chi connectivity index (χ0n) is 13.1. The summed E-state index contributed by atoms with van der Waals surface area (Å²) >= 11 is 1.63. The van der Waals surface area contributed by atoms with Crippen molar-refractivity contribution in [2.45, 2.75) is 19.0 Å². The van der Waals surface area contributed by atoms with Crippen LogP contribution in [0.3, 0.4) is 0 Å². The molecule has 3 heterocycles. The minimum absolute atomic E-state index is 0.0271. The minimum Gasteiger partial charge on any atom is -0.351 e. The smallest absolute Gasteiger partial charge is 0.232 e. The predicted octanol–water partition coefficient (Wildman–Crippen LogP) is 3.00. The Labute approximate surface area is 143 Å². The monoisotopic (exact) mass is 339 g/mol. The molecule has 2 aromatic heterocycles. The Morgan fingerprint density at radius 2 is 2.08 bits per heavy atom. The molecule has 0 unspecified atom stereocenters. The Morgan fingerprint density at radius 1 is 1.25 bits per heavy atom. The number of fused-ring (bicyclic) bond motifs is 1. The summed E-state index contributed by atoms with van der Waals surface area (Å²) in [5.74, 6) is 0.378. The van der Waals surface area contributed by atoms with Gasteiger partial charge in [0.1, 0.15) is 12.4 Å². The molecule has 0 saturated heterocycles. The number of carbonyl (C=O) groups is 1. The number of amides is 1. The van der Waals surface area contributed by atoms with Gasteiger partial charge in [-0.2, -0.15) is 10.1 Å². The Morgan fingerprint density at radius 3 is 2.83 bits per heavy atom. The molecule has 1 aliphatic heterocycles. The second-order valence-electron chi connectivity index (χ2n) is 5.80. The van der Waals surface area contributed by atoms with Crippen molar-refractivity contribution in [1.29, 1.82) is 0 Å². The van der Waals surface area contributed by atoms with Crippen LogP contribution in [0.25, 0.3) is 0 Å². The summed E-state index contributed by atoms with van der Waals surface area (Å²) in [6.07, 6.45) is 1.52. The van der Waals surface area contributed by atoms with Gasteiger partial charge in [-0.15, -0.1) is 11.3 Å². The first-order valence-electron chi connectivity index (χ1n) is 7.79. The van der Waals surface area contributed by atoms with E-state index < -0.39 is 0 Å². The van der Waals surface area contributed by atoms with E-state index in [0.29, 0.717) is 5.95 Å². The number of anilines is 2. The van der Waals surface area contributed by atoms with Gasteiger partial charge in [-0.05, 0) is 30.5 Å². The maximum atomic E-state index is 13.0. The van der Waals surface area contributed by atoms with Gasteiger partial charge in [-0.3, -0.25) is 4.79 Å². The number of thiophene rings is 1. The predicted molar refractivity (Wildman–Crippen MR) is 94.1 cm³/mol. The molecular weight excluding hydrogens is 322 g/mol. The van der Waals surface area contributed by atoms with Crippen LogP contribution in [0.4, 0.5) is 11.6 Å². The molecule has 0 aliphatic carbocycles. The maximum Gasteiger partial charge on any atom is 0.232 e. The third-order valence-corrected chi connectivity index (χ3v) is 5.19. The van der Waals surface area contributed by atoms with Crippen LogP contribution < -0.4 is 10.6 Å². The topological polar surface area (TPSA) is 71.8 Å². The summed E-state index contributed by atoms with van der Waals surface area (Å²) in [5, 5.41) is 12.7. The zero-order valence-corrected chi connectivity index (χ0v) is 13.9. The number of rotatable bonds is 3. The number of nitrogens with one attached hydrogen (secondary N) is 2. The number of hydrogen-bond acceptors (Lipinski definition) is 5. The summed E-state index contributed by atoms with van der Waals surface area (Å²) in [6, 6.07) is 13.3. The highest BCUT2D eigenvalue weighted by Crippen LogP contribution is 2.38. The standard InChI is InChI=1S/C17H17N5OS/c1-11-14(16(23)21-12-6-3-2-4-7-12)15(13-8-5-9-24-13)22-17(20-11)18-10-19-22/h2-11,14-15H,1H3,(H,21,23)(H,18,19,20)/t11-,14+,15-/m0/s1. The van der Waals surface area contributed by atoms with E-state index in [2.05, 4.69) is 20.7 Å². The largest absolute Gasteiger partial charge is 0.351 e. The molecule has 0 bridgehead atoms. The van der Waals surface area contributed by atoms with Crippen molar-refractivity contribution in [3.63, 3.8) is 0 Å². The summed E-state index contributed by atoms with van der Waals surface area (Å²) < 4.78 is 1.81. The Balaban J connectivity index is 1.71. The normalized spacial score (nSPS) is 22.5. The second-order valence-corrected chi connectivity index (χ2v) is 6.78. The second kappa shape index (κ2) is 6.09. The van der Waals surface area contributed by atoms with Gasteiger partial charge in [0.15, 0.2) is 0 Å². The number of para-hydroxylation sites is 1. The van der Waals surface area contributed by atoms with E-state index in [1.165, 1.54) is 6.33 Å². The van der Waals surface area contributed by atoms with Crippen LogP contribution in [-0.2, 0) is 4.79 Å². The van der Waals surface area contributed by atoms with Crippen LogP contribution in [0.2, 0.25) is 0 Å².